The Bertz CT molecular complexity index is 800. The molecule has 1 atom stereocenters. The summed E-state index contributed by atoms with van der Waals surface area (Å²) in [5.41, 5.74) is 1.57. The Hall–Kier alpha value is -2.87. The Balaban J connectivity index is 1.58. The van der Waals surface area contributed by atoms with Crippen LogP contribution >= 0.6 is 11.6 Å². The summed E-state index contributed by atoms with van der Waals surface area (Å²) in [6.45, 7) is 2.12. The number of urea groups is 1. The summed E-state index contributed by atoms with van der Waals surface area (Å²) >= 11 is 5.85. The standard InChI is InChI=1S/C15H15ClN6O2/c1-9(19-15(23)17-8-12-6-7-18-21-12)13-20-14(24-22-13)10-2-4-11(16)5-3-10/h2-7,9H,8H2,1H3,(H,18,21)(H2,17,19,23)/t9-/m0/s1. The zero-order valence-corrected chi connectivity index (χ0v) is 13.5. The van der Waals surface area contributed by atoms with E-state index in [1.807, 2.05) is 0 Å². The lowest BCUT2D eigenvalue weighted by Crippen LogP contribution is -2.37. The van der Waals surface area contributed by atoms with Crippen LogP contribution < -0.4 is 10.6 Å². The van der Waals surface area contributed by atoms with Crippen molar-refractivity contribution in [1.82, 2.24) is 31.0 Å². The largest absolute Gasteiger partial charge is 0.334 e. The summed E-state index contributed by atoms with van der Waals surface area (Å²) in [5, 5.41) is 16.5. The second-order valence-electron chi connectivity index (χ2n) is 5.10. The fourth-order valence-corrected chi connectivity index (χ4v) is 2.12. The predicted octanol–water partition coefficient (Wildman–Crippen LogP) is 2.67. The maximum atomic E-state index is 11.9. The molecule has 0 aliphatic carbocycles. The fraction of sp³-hybridized carbons (Fsp3) is 0.200. The zero-order valence-electron chi connectivity index (χ0n) is 12.8. The molecular formula is C15H15ClN6O2. The SMILES string of the molecule is C[C@H](NC(=O)NCc1ccn[nH]1)c1noc(-c2ccc(Cl)cc2)n1. The van der Waals surface area contributed by atoms with Crippen LogP contribution in [0.4, 0.5) is 4.79 Å². The monoisotopic (exact) mass is 346 g/mol. The van der Waals surface area contributed by atoms with Crippen molar-refractivity contribution in [3.05, 3.63) is 53.1 Å². The van der Waals surface area contributed by atoms with Gasteiger partial charge in [0.05, 0.1) is 18.3 Å². The van der Waals surface area contributed by atoms with Crippen molar-refractivity contribution >= 4 is 17.6 Å². The number of hydrogen-bond donors (Lipinski definition) is 3. The van der Waals surface area contributed by atoms with Crippen molar-refractivity contribution in [2.24, 2.45) is 0 Å². The molecule has 0 saturated heterocycles. The highest BCUT2D eigenvalue weighted by molar-refractivity contribution is 6.30. The van der Waals surface area contributed by atoms with Gasteiger partial charge >= 0.3 is 6.03 Å². The van der Waals surface area contributed by atoms with Gasteiger partial charge in [-0.25, -0.2) is 4.79 Å². The number of nitrogens with zero attached hydrogens (tertiary/aromatic N) is 3. The number of carbonyl (C=O) groups excluding carboxylic acids is 1. The Kier molecular flexibility index (Phi) is 4.76. The van der Waals surface area contributed by atoms with Gasteiger partial charge in [-0.15, -0.1) is 0 Å². The third-order valence-corrected chi connectivity index (χ3v) is 3.52. The van der Waals surface area contributed by atoms with Crippen molar-refractivity contribution in [2.75, 3.05) is 0 Å². The minimum Gasteiger partial charge on any atom is -0.334 e. The molecule has 24 heavy (non-hydrogen) atoms. The van der Waals surface area contributed by atoms with E-state index >= 15 is 0 Å². The summed E-state index contributed by atoms with van der Waals surface area (Å²) < 4.78 is 5.22. The normalized spacial score (nSPS) is 11.9. The molecule has 124 valence electrons. The summed E-state index contributed by atoms with van der Waals surface area (Å²) in [5.74, 6) is 0.754. The van der Waals surface area contributed by atoms with E-state index in [1.165, 1.54) is 0 Å². The average molecular weight is 347 g/mol. The van der Waals surface area contributed by atoms with Crippen LogP contribution in [0.1, 0.15) is 24.5 Å². The lowest BCUT2D eigenvalue weighted by Gasteiger charge is -2.10. The van der Waals surface area contributed by atoms with Gasteiger partial charge in [-0.1, -0.05) is 16.8 Å². The molecule has 0 aliphatic rings. The molecule has 2 heterocycles. The van der Waals surface area contributed by atoms with Crippen LogP contribution in [-0.4, -0.2) is 26.4 Å². The van der Waals surface area contributed by atoms with Gasteiger partial charge in [-0.05, 0) is 37.3 Å². The Morgan fingerprint density at radius 1 is 1.33 bits per heavy atom. The molecule has 3 N–H and O–H groups in total. The lowest BCUT2D eigenvalue weighted by atomic mass is 10.2. The number of amides is 2. The van der Waals surface area contributed by atoms with Crippen molar-refractivity contribution in [3.8, 4) is 11.5 Å². The maximum Gasteiger partial charge on any atom is 0.315 e. The first-order valence-electron chi connectivity index (χ1n) is 7.24. The van der Waals surface area contributed by atoms with Gasteiger partial charge in [0.1, 0.15) is 0 Å². The molecule has 3 rings (SSSR count). The summed E-state index contributed by atoms with van der Waals surface area (Å²) in [6, 6.07) is 8.09. The lowest BCUT2D eigenvalue weighted by molar-refractivity contribution is 0.236. The molecule has 0 unspecified atom stereocenters. The smallest absolute Gasteiger partial charge is 0.315 e. The molecule has 9 heteroatoms. The first kappa shape index (κ1) is 16.0. The maximum absolute atomic E-state index is 11.9. The number of halogens is 1. The van der Waals surface area contributed by atoms with E-state index in [9.17, 15) is 4.79 Å². The predicted molar refractivity (Wildman–Crippen MR) is 87.1 cm³/mol. The van der Waals surface area contributed by atoms with E-state index in [1.54, 1.807) is 43.5 Å². The minimum absolute atomic E-state index is 0.338. The third-order valence-electron chi connectivity index (χ3n) is 3.27. The molecule has 1 aromatic carbocycles. The number of rotatable bonds is 5. The van der Waals surface area contributed by atoms with Crippen LogP contribution in [0.15, 0.2) is 41.1 Å². The van der Waals surface area contributed by atoms with Gasteiger partial charge in [-0.2, -0.15) is 10.1 Å². The molecule has 0 aliphatic heterocycles. The second kappa shape index (κ2) is 7.14. The van der Waals surface area contributed by atoms with E-state index in [-0.39, 0.29) is 6.03 Å². The highest BCUT2D eigenvalue weighted by Gasteiger charge is 2.16. The topological polar surface area (TPSA) is 109 Å². The van der Waals surface area contributed by atoms with Crippen LogP contribution in [0.25, 0.3) is 11.5 Å². The quantitative estimate of drug-likeness (QED) is 0.658. The Morgan fingerprint density at radius 2 is 2.12 bits per heavy atom. The average Bonchev–Trinajstić information content (AvgIpc) is 3.25. The van der Waals surface area contributed by atoms with Gasteiger partial charge in [-0.3, -0.25) is 5.10 Å². The number of carbonyl (C=O) groups is 1. The molecule has 8 nitrogen and oxygen atoms in total. The van der Waals surface area contributed by atoms with Gasteiger partial charge in [0.15, 0.2) is 5.82 Å². The van der Waals surface area contributed by atoms with Crippen LogP contribution in [0.3, 0.4) is 0 Å². The van der Waals surface area contributed by atoms with Gasteiger partial charge in [0.25, 0.3) is 5.89 Å². The van der Waals surface area contributed by atoms with E-state index in [0.717, 1.165) is 11.3 Å². The van der Waals surface area contributed by atoms with E-state index in [2.05, 4.69) is 31.0 Å². The highest BCUT2D eigenvalue weighted by atomic mass is 35.5. The van der Waals surface area contributed by atoms with Crippen molar-refractivity contribution < 1.29 is 9.32 Å². The first-order valence-corrected chi connectivity index (χ1v) is 7.62. The molecule has 2 amide bonds. The molecule has 0 spiro atoms. The van der Waals surface area contributed by atoms with Gasteiger partial charge in [0, 0.05) is 16.8 Å². The number of hydrogen-bond acceptors (Lipinski definition) is 5. The number of aromatic nitrogens is 4. The van der Waals surface area contributed by atoms with Crippen LogP contribution in [0, 0.1) is 0 Å². The fourth-order valence-electron chi connectivity index (χ4n) is 1.99. The molecule has 0 fully saturated rings. The summed E-state index contributed by atoms with van der Waals surface area (Å²) in [6.07, 6.45) is 1.62. The molecule has 2 aromatic heterocycles. The Morgan fingerprint density at radius 3 is 2.83 bits per heavy atom. The first-order chi connectivity index (χ1) is 11.6. The molecular weight excluding hydrogens is 332 g/mol. The van der Waals surface area contributed by atoms with Crippen molar-refractivity contribution in [2.45, 2.75) is 19.5 Å². The van der Waals surface area contributed by atoms with Crippen LogP contribution in [0.2, 0.25) is 5.02 Å². The Labute approximate surface area is 142 Å². The highest BCUT2D eigenvalue weighted by Crippen LogP contribution is 2.21. The second-order valence-corrected chi connectivity index (χ2v) is 5.53. The zero-order chi connectivity index (χ0) is 16.9. The summed E-state index contributed by atoms with van der Waals surface area (Å²) in [4.78, 5) is 16.2. The third kappa shape index (κ3) is 3.90. The van der Waals surface area contributed by atoms with Crippen LogP contribution in [0.5, 0.6) is 0 Å². The molecule has 0 saturated carbocycles. The van der Waals surface area contributed by atoms with E-state index < -0.39 is 6.04 Å². The van der Waals surface area contributed by atoms with Crippen molar-refractivity contribution in [1.29, 1.82) is 0 Å². The number of nitrogens with one attached hydrogen (secondary N) is 3. The molecule has 0 radical (unpaired) electrons. The van der Waals surface area contributed by atoms with Gasteiger partial charge < -0.3 is 15.2 Å². The molecule has 3 aromatic rings. The number of H-pyrrole nitrogens is 1. The summed E-state index contributed by atoms with van der Waals surface area (Å²) in [7, 11) is 0. The number of aromatic amines is 1. The van der Waals surface area contributed by atoms with Crippen LogP contribution in [-0.2, 0) is 6.54 Å². The minimum atomic E-state index is -0.406. The van der Waals surface area contributed by atoms with Gasteiger partial charge in [0.2, 0.25) is 0 Å². The van der Waals surface area contributed by atoms with Crippen molar-refractivity contribution in [3.63, 3.8) is 0 Å². The van der Waals surface area contributed by atoms with E-state index in [0.29, 0.717) is 23.3 Å². The number of benzene rings is 1. The van der Waals surface area contributed by atoms with E-state index in [4.69, 9.17) is 16.1 Å². The molecule has 0 bridgehead atoms.